The van der Waals surface area contributed by atoms with Crippen molar-refractivity contribution in [1.29, 1.82) is 0 Å². The molecule has 0 fully saturated rings. The highest BCUT2D eigenvalue weighted by Gasteiger charge is 2.35. The molecule has 2 rings (SSSR count). The van der Waals surface area contributed by atoms with E-state index in [1.807, 2.05) is 0 Å². The largest absolute Gasteiger partial charge is 0.481 e. The van der Waals surface area contributed by atoms with E-state index in [0.717, 1.165) is 6.92 Å². The minimum absolute atomic E-state index is 0.0336. The van der Waals surface area contributed by atoms with Crippen LogP contribution in [0.3, 0.4) is 0 Å². The molecule has 0 saturated carbocycles. The number of aliphatic carboxylic acids is 3. The number of nitrogens with one attached hydrogen (secondary N) is 7. The molecule has 0 spiro atoms. The maximum Gasteiger partial charge on any atom is 0.326 e. The summed E-state index contributed by atoms with van der Waals surface area (Å²) in [4.78, 5) is 126. The Balaban J connectivity index is 2.20. The molecule has 0 aromatic heterocycles. The van der Waals surface area contributed by atoms with E-state index in [2.05, 4.69) is 37.2 Å². The highest BCUT2D eigenvalue weighted by atomic mass is 16.4. The fraction of sp³-hybridized carbons (Fsp3) is 0.450. The van der Waals surface area contributed by atoms with Crippen molar-refractivity contribution in [3.63, 3.8) is 0 Å². The van der Waals surface area contributed by atoms with Crippen LogP contribution < -0.4 is 37.2 Å². The maximum absolute atomic E-state index is 13.6. The first-order valence-electron chi connectivity index (χ1n) is 19.2. The minimum Gasteiger partial charge on any atom is -0.481 e. The highest BCUT2D eigenvalue weighted by Crippen LogP contribution is 2.10. The lowest BCUT2D eigenvalue weighted by Gasteiger charge is -2.28. The zero-order valence-electron chi connectivity index (χ0n) is 34.0. The molecule has 0 aliphatic carbocycles. The van der Waals surface area contributed by atoms with E-state index in [9.17, 15) is 68.4 Å². The minimum atomic E-state index is -1.86. The van der Waals surface area contributed by atoms with Gasteiger partial charge in [0.05, 0.1) is 18.9 Å². The number of benzene rings is 2. The molecule has 0 unspecified atom stereocenters. The van der Waals surface area contributed by atoms with E-state index < -0.39 is 115 Å². The Labute approximate surface area is 350 Å². The molecular formula is C40H53N7O14. The number of hydrogen-bond acceptors (Lipinski definition) is 11. The van der Waals surface area contributed by atoms with Crippen molar-refractivity contribution >= 4 is 59.8 Å². The van der Waals surface area contributed by atoms with E-state index in [1.54, 1.807) is 74.5 Å². The molecule has 0 saturated heterocycles. The van der Waals surface area contributed by atoms with Crippen molar-refractivity contribution < 1.29 is 68.4 Å². The first-order valence-corrected chi connectivity index (χ1v) is 19.2. The molecule has 332 valence electrons. The third-order valence-corrected chi connectivity index (χ3v) is 8.94. The van der Waals surface area contributed by atoms with Crippen molar-refractivity contribution in [1.82, 2.24) is 37.2 Å². The molecule has 21 nitrogen and oxygen atoms in total. The van der Waals surface area contributed by atoms with Gasteiger partial charge in [0.1, 0.15) is 42.3 Å². The number of amides is 7. The molecule has 7 amide bonds. The van der Waals surface area contributed by atoms with Gasteiger partial charge in [0.2, 0.25) is 41.9 Å². The second-order valence-corrected chi connectivity index (χ2v) is 14.6. The van der Waals surface area contributed by atoms with Crippen LogP contribution in [0.4, 0.5) is 0 Å². The fourth-order valence-corrected chi connectivity index (χ4v) is 5.82. The Hall–Kier alpha value is -6.90. The monoisotopic (exact) mass is 855 g/mol. The first kappa shape index (κ1) is 50.2. The number of carboxylic acids is 3. The molecule has 8 atom stereocenters. The van der Waals surface area contributed by atoms with Gasteiger partial charge in [-0.05, 0) is 37.3 Å². The van der Waals surface area contributed by atoms with E-state index in [-0.39, 0.29) is 25.2 Å². The van der Waals surface area contributed by atoms with Gasteiger partial charge in [-0.2, -0.15) is 0 Å². The third kappa shape index (κ3) is 17.9. The average molecular weight is 856 g/mol. The second-order valence-electron chi connectivity index (χ2n) is 14.6. The summed E-state index contributed by atoms with van der Waals surface area (Å²) in [5.74, 6) is -11.2. The van der Waals surface area contributed by atoms with Crippen LogP contribution in [0, 0.1) is 5.92 Å². The summed E-state index contributed by atoms with van der Waals surface area (Å²) in [6.07, 6.45) is -3.45. The summed E-state index contributed by atoms with van der Waals surface area (Å²) < 4.78 is 0. The lowest BCUT2D eigenvalue weighted by molar-refractivity contribution is -0.143. The molecule has 21 heteroatoms. The molecule has 0 radical (unpaired) electrons. The van der Waals surface area contributed by atoms with Gasteiger partial charge in [0.15, 0.2) is 0 Å². The van der Waals surface area contributed by atoms with Crippen molar-refractivity contribution in [2.45, 2.75) is 108 Å². The van der Waals surface area contributed by atoms with Gasteiger partial charge in [0, 0.05) is 12.8 Å². The van der Waals surface area contributed by atoms with Crippen LogP contribution in [0.25, 0.3) is 0 Å². The topological polar surface area (TPSA) is 336 Å². The number of carboxylic acid groups (broad SMARTS) is 3. The molecule has 2 aromatic carbocycles. The normalized spacial score (nSPS) is 14.8. The molecule has 61 heavy (non-hydrogen) atoms. The Morgan fingerprint density at radius 3 is 1.38 bits per heavy atom. The Morgan fingerprint density at radius 1 is 0.525 bits per heavy atom. The molecule has 0 heterocycles. The number of carbonyl (C=O) groups excluding carboxylic acids is 7. The third-order valence-electron chi connectivity index (χ3n) is 8.94. The predicted molar refractivity (Wildman–Crippen MR) is 214 cm³/mol. The van der Waals surface area contributed by atoms with E-state index >= 15 is 0 Å². The molecular weight excluding hydrogens is 802 g/mol. The zero-order valence-corrected chi connectivity index (χ0v) is 34.0. The van der Waals surface area contributed by atoms with Crippen molar-refractivity contribution in [3.05, 3.63) is 71.8 Å². The van der Waals surface area contributed by atoms with Crippen LogP contribution >= 0.6 is 0 Å². The Kier molecular flexibility index (Phi) is 20.5. The van der Waals surface area contributed by atoms with Crippen LogP contribution in [0.1, 0.15) is 58.1 Å². The van der Waals surface area contributed by atoms with Crippen LogP contribution in [0.15, 0.2) is 60.7 Å². The number of rotatable bonds is 26. The SMILES string of the molecule is CC(C)C[C@H](NC(=O)[C@@H](NC(=O)[C@H](Cc1ccccc1)NC=O)[C@@H](C)O)C(=O)N[C@@H](CC(=O)O)C(=O)N[C@@H](C)C(=O)N[C@@H](CC(=O)O)C(=O)N[C@@H](Cc1ccccc1)C(=O)O. The fourth-order valence-electron chi connectivity index (χ4n) is 5.82. The van der Waals surface area contributed by atoms with Crippen LogP contribution in [0.2, 0.25) is 0 Å². The maximum atomic E-state index is 13.6. The second kappa shape index (κ2) is 24.9. The number of aliphatic hydroxyl groups is 1. The standard InChI is InChI=1S/C40H53N7O14/c1-21(2)15-27(45-39(59)33(23(4)49)47-35(55)26(41-20-48)16-24-11-7-5-8-12-24)37(57)44-28(18-31(50)51)36(56)42-22(3)34(54)43-29(19-32(52)53)38(58)46-30(40(60)61)17-25-13-9-6-10-14-25/h5-14,20-23,26-30,33,49H,15-19H2,1-4H3,(H,41,48)(H,42,56)(H,43,54)(H,44,57)(H,45,59)(H,46,58)(H,47,55)(H,50,51)(H,52,53)(H,60,61)/t22-,23+,26-,27-,28-,29-,30-,33-/m0/s1. The summed E-state index contributed by atoms with van der Waals surface area (Å²) in [6.45, 7) is 5.68. The van der Waals surface area contributed by atoms with E-state index in [4.69, 9.17) is 0 Å². The van der Waals surface area contributed by atoms with Crippen LogP contribution in [-0.4, -0.2) is 129 Å². The van der Waals surface area contributed by atoms with Gasteiger partial charge >= 0.3 is 17.9 Å². The van der Waals surface area contributed by atoms with Gasteiger partial charge in [-0.15, -0.1) is 0 Å². The summed E-state index contributed by atoms with van der Waals surface area (Å²) >= 11 is 0. The van der Waals surface area contributed by atoms with E-state index in [1.165, 1.54) is 6.92 Å². The molecule has 11 N–H and O–H groups in total. The van der Waals surface area contributed by atoms with Gasteiger partial charge in [-0.1, -0.05) is 74.5 Å². The summed E-state index contributed by atoms with van der Waals surface area (Å²) in [5, 5.41) is 55.0. The smallest absolute Gasteiger partial charge is 0.326 e. The van der Waals surface area contributed by atoms with Gasteiger partial charge < -0.3 is 57.6 Å². The van der Waals surface area contributed by atoms with Gasteiger partial charge in [-0.3, -0.25) is 43.2 Å². The lowest BCUT2D eigenvalue weighted by atomic mass is 10.0. The number of hydrogen-bond donors (Lipinski definition) is 11. The van der Waals surface area contributed by atoms with Crippen molar-refractivity contribution in [2.24, 2.45) is 5.92 Å². The quantitative estimate of drug-likeness (QED) is 0.0455. The van der Waals surface area contributed by atoms with Crippen LogP contribution in [-0.2, 0) is 60.8 Å². The average Bonchev–Trinajstić information content (AvgIpc) is 3.18. The van der Waals surface area contributed by atoms with Gasteiger partial charge in [-0.25, -0.2) is 4.79 Å². The van der Waals surface area contributed by atoms with E-state index in [0.29, 0.717) is 17.5 Å². The summed E-state index contributed by atoms with van der Waals surface area (Å²) in [6, 6.07) is 5.78. The van der Waals surface area contributed by atoms with Gasteiger partial charge in [0.25, 0.3) is 0 Å². The number of carbonyl (C=O) groups is 10. The summed E-state index contributed by atoms with van der Waals surface area (Å²) in [5.41, 5.74) is 1.21. The Bertz CT molecular complexity index is 1860. The predicted octanol–water partition coefficient (Wildman–Crippen LogP) is -2.02. The van der Waals surface area contributed by atoms with Crippen molar-refractivity contribution in [2.75, 3.05) is 0 Å². The molecule has 0 aliphatic rings. The molecule has 2 aromatic rings. The highest BCUT2D eigenvalue weighted by molar-refractivity contribution is 5.98. The first-order chi connectivity index (χ1) is 28.7. The lowest BCUT2D eigenvalue weighted by Crippen LogP contribution is -2.61. The molecule has 0 bridgehead atoms. The molecule has 0 aliphatic heterocycles. The summed E-state index contributed by atoms with van der Waals surface area (Å²) in [7, 11) is 0. The number of aliphatic hydroxyl groups excluding tert-OH is 1. The van der Waals surface area contributed by atoms with Crippen molar-refractivity contribution in [3.8, 4) is 0 Å². The van der Waals surface area contributed by atoms with Crippen LogP contribution in [0.5, 0.6) is 0 Å². The zero-order chi connectivity index (χ0) is 45.8. The Morgan fingerprint density at radius 2 is 0.934 bits per heavy atom.